The van der Waals surface area contributed by atoms with Gasteiger partial charge < -0.3 is 28.7 Å². The molecule has 0 spiro atoms. The number of hydrogen-bond donors (Lipinski definition) is 1. The highest BCUT2D eigenvalue weighted by Crippen LogP contribution is 2.36. The first-order valence-corrected chi connectivity index (χ1v) is 30.5. The number of benzene rings is 2. The van der Waals surface area contributed by atoms with Gasteiger partial charge in [-0.1, -0.05) is 82.0 Å². The summed E-state index contributed by atoms with van der Waals surface area (Å²) >= 11 is 3.46. The number of carbonyl (C=O) groups is 1. The largest absolute Gasteiger partial charge is 0.484 e. The fraction of sp³-hybridized carbons (Fsp3) is 0.639. The Bertz CT molecular complexity index is 1490. The van der Waals surface area contributed by atoms with Crippen LogP contribution < -0.4 is 19.1 Å². The first-order valence-electron chi connectivity index (χ1n) is 18.0. The maximum Gasteiger partial charge on any atom is 0.258 e. The van der Waals surface area contributed by atoms with Crippen LogP contribution in [0, 0.1) is 6.92 Å². The summed E-state index contributed by atoms with van der Waals surface area (Å²) in [4.78, 5) is 13.1. The van der Waals surface area contributed by atoms with E-state index in [9.17, 15) is 13.2 Å². The summed E-state index contributed by atoms with van der Waals surface area (Å²) in [6.45, 7) is 22.8. The van der Waals surface area contributed by atoms with Gasteiger partial charge in [0.1, 0.15) is 18.2 Å². The molecule has 15 heteroatoms. The molecule has 0 radical (unpaired) electrons. The molecule has 10 nitrogen and oxygen atoms in total. The van der Waals surface area contributed by atoms with Crippen molar-refractivity contribution in [3.05, 3.63) is 52.0 Å². The summed E-state index contributed by atoms with van der Waals surface area (Å²) < 4.78 is 59.5. The zero-order valence-electron chi connectivity index (χ0n) is 32.8. The van der Waals surface area contributed by atoms with Crippen molar-refractivity contribution in [3.8, 4) is 11.5 Å². The van der Waals surface area contributed by atoms with E-state index in [1.165, 1.54) is 10.6 Å². The summed E-state index contributed by atoms with van der Waals surface area (Å²) in [6, 6.07) is 15.7. The second-order valence-corrected chi connectivity index (χ2v) is 34.3. The molecule has 0 aliphatic rings. The number of nitrogens with one attached hydrogen (secondary N) is 1. The third-order valence-electron chi connectivity index (χ3n) is 8.83. The van der Waals surface area contributed by atoms with Crippen LogP contribution in [0.5, 0.6) is 11.5 Å². The van der Waals surface area contributed by atoms with Crippen LogP contribution in [0.3, 0.4) is 0 Å². The molecule has 290 valence electrons. The molecule has 0 bridgehead atoms. The SMILES string of the molecule is CC[Si](CC)(CC)OC(CNC(=O)COc1ccc(Br)cc1C)c1ccc(OCOCC[Si](C)(C)C)c(N(COCC[Si](C)(C)C)S(C)(=O)=O)c1. The number of halogens is 1. The number of aryl methyl sites for hydroxylation is 1. The second kappa shape index (κ2) is 20.7. The summed E-state index contributed by atoms with van der Waals surface area (Å²) in [5, 5.41) is 3.01. The molecule has 0 saturated heterocycles. The number of amides is 1. The minimum absolute atomic E-state index is 0.0176. The average Bonchev–Trinajstić information content (AvgIpc) is 3.03. The monoisotopic (exact) mass is 846 g/mol. The number of ether oxygens (including phenoxy) is 4. The van der Waals surface area contributed by atoms with E-state index in [0.29, 0.717) is 30.4 Å². The zero-order chi connectivity index (χ0) is 38.5. The van der Waals surface area contributed by atoms with Crippen molar-refractivity contribution in [1.29, 1.82) is 0 Å². The van der Waals surface area contributed by atoms with E-state index in [1.54, 1.807) is 12.1 Å². The van der Waals surface area contributed by atoms with Gasteiger partial charge >= 0.3 is 0 Å². The fourth-order valence-corrected chi connectivity index (χ4v) is 10.7. The smallest absolute Gasteiger partial charge is 0.258 e. The predicted octanol–water partition coefficient (Wildman–Crippen LogP) is 8.79. The van der Waals surface area contributed by atoms with Gasteiger partial charge in [-0.25, -0.2) is 12.7 Å². The molecule has 1 atom stereocenters. The average molecular weight is 848 g/mol. The van der Waals surface area contributed by atoms with Crippen LogP contribution in [0.15, 0.2) is 40.9 Å². The van der Waals surface area contributed by atoms with Crippen molar-refractivity contribution < 1.29 is 36.6 Å². The maximum absolute atomic E-state index is 13.3. The van der Waals surface area contributed by atoms with Crippen molar-refractivity contribution in [2.24, 2.45) is 0 Å². The van der Waals surface area contributed by atoms with Crippen LogP contribution in [-0.4, -0.2) is 84.9 Å². The van der Waals surface area contributed by atoms with Gasteiger partial charge in [0, 0.05) is 40.4 Å². The molecule has 0 saturated carbocycles. The molecule has 51 heavy (non-hydrogen) atoms. The maximum atomic E-state index is 13.3. The minimum Gasteiger partial charge on any atom is -0.484 e. The van der Waals surface area contributed by atoms with Crippen molar-refractivity contribution >= 4 is 62.0 Å². The van der Waals surface area contributed by atoms with E-state index in [-0.39, 0.29) is 32.6 Å². The summed E-state index contributed by atoms with van der Waals surface area (Å²) in [7, 11) is -8.67. The van der Waals surface area contributed by atoms with Gasteiger partial charge in [-0.15, -0.1) is 0 Å². The first kappa shape index (κ1) is 45.4. The quantitative estimate of drug-likeness (QED) is 0.0635. The number of sulfonamides is 1. The predicted molar refractivity (Wildman–Crippen MR) is 221 cm³/mol. The Morgan fingerprint density at radius 1 is 0.863 bits per heavy atom. The van der Waals surface area contributed by atoms with Gasteiger partial charge in [0.25, 0.3) is 5.91 Å². The summed E-state index contributed by atoms with van der Waals surface area (Å²) in [5.41, 5.74) is 1.98. The summed E-state index contributed by atoms with van der Waals surface area (Å²) in [6.07, 6.45) is 0.630. The Balaban J connectivity index is 2.47. The topological polar surface area (TPSA) is 113 Å². The fourth-order valence-electron chi connectivity index (χ4n) is 5.17. The number of hydrogen-bond acceptors (Lipinski definition) is 8. The van der Waals surface area contributed by atoms with Crippen molar-refractivity contribution in [2.45, 2.75) is 103 Å². The van der Waals surface area contributed by atoms with E-state index in [1.807, 2.05) is 31.2 Å². The van der Waals surface area contributed by atoms with Gasteiger partial charge in [-0.05, 0) is 78.6 Å². The van der Waals surface area contributed by atoms with E-state index in [4.69, 9.17) is 23.4 Å². The molecule has 1 N–H and O–H groups in total. The summed E-state index contributed by atoms with van der Waals surface area (Å²) in [5.74, 6) is 0.706. The number of nitrogens with zero attached hydrogens (tertiary/aromatic N) is 1. The molecule has 1 amide bonds. The van der Waals surface area contributed by atoms with E-state index in [2.05, 4.69) is 81.3 Å². The molecule has 1 unspecified atom stereocenters. The minimum atomic E-state index is -3.79. The normalized spacial score (nSPS) is 13.2. The van der Waals surface area contributed by atoms with Crippen LogP contribution in [0.25, 0.3) is 0 Å². The van der Waals surface area contributed by atoms with Crippen molar-refractivity contribution in [3.63, 3.8) is 0 Å². The van der Waals surface area contributed by atoms with Crippen LogP contribution >= 0.6 is 15.9 Å². The molecule has 0 aromatic heterocycles. The lowest BCUT2D eigenvalue weighted by atomic mass is 10.1. The highest BCUT2D eigenvalue weighted by molar-refractivity contribution is 9.10. The van der Waals surface area contributed by atoms with Crippen LogP contribution in [0.4, 0.5) is 5.69 Å². The number of carbonyl (C=O) groups excluding carboxylic acids is 1. The zero-order valence-corrected chi connectivity index (χ0v) is 38.2. The molecule has 0 aliphatic carbocycles. The molecule has 2 aromatic carbocycles. The number of rotatable bonds is 24. The van der Waals surface area contributed by atoms with Gasteiger partial charge in [0.05, 0.1) is 18.0 Å². The second-order valence-electron chi connectivity index (χ2n) is 15.5. The Kier molecular flexibility index (Phi) is 18.4. The highest BCUT2D eigenvalue weighted by Gasteiger charge is 2.34. The van der Waals surface area contributed by atoms with Crippen molar-refractivity contribution in [1.82, 2.24) is 5.32 Å². The van der Waals surface area contributed by atoms with E-state index >= 15 is 0 Å². The molecule has 0 aliphatic heterocycles. The molecular weight excluding hydrogens is 785 g/mol. The highest BCUT2D eigenvalue weighted by atomic mass is 79.9. The van der Waals surface area contributed by atoms with E-state index in [0.717, 1.165) is 45.8 Å². The first-order chi connectivity index (χ1) is 23.7. The third-order valence-corrected chi connectivity index (χ3v) is 18.5. The van der Waals surface area contributed by atoms with Gasteiger partial charge in [-0.3, -0.25) is 4.79 Å². The van der Waals surface area contributed by atoms with Gasteiger partial charge in [-0.2, -0.15) is 0 Å². The van der Waals surface area contributed by atoms with Crippen LogP contribution in [0.1, 0.15) is 38.0 Å². The molecule has 0 heterocycles. The van der Waals surface area contributed by atoms with E-state index < -0.39 is 40.6 Å². The van der Waals surface area contributed by atoms with Gasteiger partial charge in [0.15, 0.2) is 21.7 Å². The Labute approximate surface area is 319 Å². The third kappa shape index (κ3) is 16.4. The van der Waals surface area contributed by atoms with Crippen molar-refractivity contribution in [2.75, 3.05) is 50.5 Å². The Morgan fingerprint density at radius 3 is 2.00 bits per heavy atom. The van der Waals surface area contributed by atoms with Crippen LogP contribution in [-0.2, 0) is 28.7 Å². The lowest BCUT2D eigenvalue weighted by molar-refractivity contribution is -0.123. The van der Waals surface area contributed by atoms with Crippen LogP contribution in [0.2, 0.25) is 69.5 Å². The Hall–Kier alpha value is -1.73. The standard InChI is InChI=1S/C36H63BrN2O8SSi3/c1-12-51(13-2,14-3)47-35(25-38-36(40)26-45-33-18-16-31(37)23-29(33)4)30-15-17-34(46-28-44-20-22-50(9,10)11)32(24-30)39(48(5,41)42)27-43-19-21-49(6,7)8/h15-18,23-24,35H,12-14,19-22,25-28H2,1-11H3,(H,38,40). The lowest BCUT2D eigenvalue weighted by Gasteiger charge is -2.34. The molecule has 2 aromatic rings. The Morgan fingerprint density at radius 2 is 1.45 bits per heavy atom. The lowest BCUT2D eigenvalue weighted by Crippen LogP contribution is -2.41. The number of anilines is 1. The van der Waals surface area contributed by atoms with Gasteiger partial charge in [0.2, 0.25) is 10.0 Å². The molecular formula is C36H63BrN2O8SSi3. The molecule has 0 fully saturated rings. The molecule has 2 rings (SSSR count).